The molecular formula is C15H22N2O2. The number of benzene rings is 1. The van der Waals surface area contributed by atoms with Crippen LogP contribution in [0.1, 0.15) is 25.3 Å². The van der Waals surface area contributed by atoms with E-state index < -0.39 is 0 Å². The van der Waals surface area contributed by atoms with E-state index in [0.29, 0.717) is 26.1 Å². The summed E-state index contributed by atoms with van der Waals surface area (Å²) >= 11 is 0. The molecule has 104 valence electrons. The van der Waals surface area contributed by atoms with E-state index in [1.807, 2.05) is 30.0 Å². The summed E-state index contributed by atoms with van der Waals surface area (Å²) in [4.78, 5) is 13.9. The summed E-state index contributed by atoms with van der Waals surface area (Å²) in [6.07, 6.45) is 2.26. The fourth-order valence-corrected chi connectivity index (χ4v) is 2.52. The van der Waals surface area contributed by atoms with Gasteiger partial charge in [-0.1, -0.05) is 18.2 Å². The Morgan fingerprint density at radius 1 is 1.37 bits per heavy atom. The van der Waals surface area contributed by atoms with E-state index in [4.69, 9.17) is 10.5 Å². The van der Waals surface area contributed by atoms with Gasteiger partial charge in [0.2, 0.25) is 5.91 Å². The molecule has 0 spiro atoms. The highest BCUT2D eigenvalue weighted by Gasteiger charge is 2.24. The molecule has 2 rings (SSSR count). The Hall–Kier alpha value is -1.39. The molecule has 1 heterocycles. The number of hydrogen-bond donors (Lipinski definition) is 1. The number of rotatable bonds is 6. The fourth-order valence-electron chi connectivity index (χ4n) is 2.52. The van der Waals surface area contributed by atoms with Crippen molar-refractivity contribution in [2.75, 3.05) is 24.6 Å². The first-order valence-electron chi connectivity index (χ1n) is 6.96. The van der Waals surface area contributed by atoms with Crippen LogP contribution >= 0.6 is 0 Å². The molecule has 4 nitrogen and oxygen atoms in total. The van der Waals surface area contributed by atoms with Crippen molar-refractivity contribution in [1.82, 2.24) is 0 Å². The second-order valence-electron chi connectivity index (χ2n) is 4.78. The summed E-state index contributed by atoms with van der Waals surface area (Å²) in [7, 11) is 0. The van der Waals surface area contributed by atoms with E-state index in [9.17, 15) is 4.79 Å². The van der Waals surface area contributed by atoms with E-state index in [0.717, 1.165) is 18.5 Å². The highest BCUT2D eigenvalue weighted by Crippen LogP contribution is 2.27. The lowest BCUT2D eigenvalue weighted by atomic mass is 10.0. The molecule has 19 heavy (non-hydrogen) atoms. The first-order valence-corrected chi connectivity index (χ1v) is 6.96. The van der Waals surface area contributed by atoms with Gasteiger partial charge < -0.3 is 15.4 Å². The Labute approximate surface area is 114 Å². The third-order valence-electron chi connectivity index (χ3n) is 3.53. The molecule has 0 radical (unpaired) electrons. The van der Waals surface area contributed by atoms with Crippen molar-refractivity contribution in [2.45, 2.75) is 32.3 Å². The van der Waals surface area contributed by atoms with Crippen LogP contribution in [-0.2, 0) is 16.0 Å². The maximum atomic E-state index is 12.1. The average molecular weight is 262 g/mol. The van der Waals surface area contributed by atoms with E-state index in [1.165, 1.54) is 5.56 Å². The van der Waals surface area contributed by atoms with Crippen LogP contribution in [0.25, 0.3) is 0 Å². The molecule has 1 aromatic rings. The number of amides is 1. The molecule has 0 bridgehead atoms. The number of nitrogens with two attached hydrogens (primary N) is 1. The summed E-state index contributed by atoms with van der Waals surface area (Å²) in [6, 6.07) is 8.12. The molecule has 1 aromatic carbocycles. The maximum Gasteiger partial charge on any atom is 0.227 e. The lowest BCUT2D eigenvalue weighted by molar-refractivity contribution is -0.119. The standard InChI is InChI=1S/C15H22N2O2/c1-2-19-13(11-16)9-10-17-14-6-4-3-5-12(14)7-8-15(17)18/h3-6,13H,2,7-11,16H2,1H3. The second kappa shape index (κ2) is 6.68. The van der Waals surface area contributed by atoms with Crippen LogP contribution in [0.4, 0.5) is 5.69 Å². The van der Waals surface area contributed by atoms with Gasteiger partial charge in [-0.2, -0.15) is 0 Å². The fraction of sp³-hybridized carbons (Fsp3) is 0.533. The molecule has 1 atom stereocenters. The Kier molecular flexibility index (Phi) is 4.93. The molecule has 0 saturated heterocycles. The van der Waals surface area contributed by atoms with Crippen LogP contribution < -0.4 is 10.6 Å². The normalized spacial score (nSPS) is 16.3. The predicted octanol–water partition coefficient (Wildman–Crippen LogP) is 1.72. The summed E-state index contributed by atoms with van der Waals surface area (Å²) in [5.41, 5.74) is 7.98. The first kappa shape index (κ1) is 14.0. The van der Waals surface area contributed by atoms with Crippen molar-refractivity contribution in [3.05, 3.63) is 29.8 Å². The SMILES string of the molecule is CCOC(CN)CCN1C(=O)CCc2ccccc21. The highest BCUT2D eigenvalue weighted by molar-refractivity contribution is 5.96. The van der Waals surface area contributed by atoms with Crippen molar-refractivity contribution in [3.63, 3.8) is 0 Å². The minimum absolute atomic E-state index is 0.0342. The van der Waals surface area contributed by atoms with Crippen LogP contribution in [0, 0.1) is 0 Å². The van der Waals surface area contributed by atoms with Gasteiger partial charge in [0.1, 0.15) is 0 Å². The topological polar surface area (TPSA) is 55.6 Å². The minimum Gasteiger partial charge on any atom is -0.377 e. The van der Waals surface area contributed by atoms with Crippen molar-refractivity contribution >= 4 is 11.6 Å². The smallest absolute Gasteiger partial charge is 0.227 e. The second-order valence-corrected chi connectivity index (χ2v) is 4.78. The molecule has 0 fully saturated rings. The Bertz CT molecular complexity index is 434. The van der Waals surface area contributed by atoms with Crippen LogP contribution in [-0.4, -0.2) is 31.7 Å². The van der Waals surface area contributed by atoms with Crippen LogP contribution in [0.3, 0.4) is 0 Å². The third kappa shape index (κ3) is 3.33. The molecule has 0 saturated carbocycles. The Morgan fingerprint density at radius 2 is 2.16 bits per heavy atom. The number of nitrogens with zero attached hydrogens (tertiary/aromatic N) is 1. The molecule has 2 N–H and O–H groups in total. The lowest BCUT2D eigenvalue weighted by Gasteiger charge is -2.30. The van der Waals surface area contributed by atoms with Gasteiger partial charge in [-0.25, -0.2) is 0 Å². The number of para-hydroxylation sites is 1. The van der Waals surface area contributed by atoms with Crippen molar-refractivity contribution in [3.8, 4) is 0 Å². The Morgan fingerprint density at radius 3 is 2.89 bits per heavy atom. The van der Waals surface area contributed by atoms with E-state index in [2.05, 4.69) is 6.07 Å². The third-order valence-corrected chi connectivity index (χ3v) is 3.53. The summed E-state index contributed by atoms with van der Waals surface area (Å²) < 4.78 is 5.54. The van der Waals surface area contributed by atoms with Crippen molar-refractivity contribution in [2.24, 2.45) is 5.73 Å². The van der Waals surface area contributed by atoms with E-state index in [1.54, 1.807) is 0 Å². The maximum absolute atomic E-state index is 12.1. The number of carbonyl (C=O) groups is 1. The predicted molar refractivity (Wildman–Crippen MR) is 76.2 cm³/mol. The summed E-state index contributed by atoms with van der Waals surface area (Å²) in [5, 5.41) is 0. The van der Waals surface area contributed by atoms with Crippen molar-refractivity contribution < 1.29 is 9.53 Å². The number of aryl methyl sites for hydroxylation is 1. The van der Waals surface area contributed by atoms with Gasteiger partial charge in [-0.15, -0.1) is 0 Å². The number of ether oxygens (including phenoxy) is 1. The van der Waals surface area contributed by atoms with Crippen molar-refractivity contribution in [1.29, 1.82) is 0 Å². The minimum atomic E-state index is 0.0342. The first-order chi connectivity index (χ1) is 9.26. The van der Waals surface area contributed by atoms with Gasteiger partial charge >= 0.3 is 0 Å². The van der Waals surface area contributed by atoms with Crippen LogP contribution in [0.5, 0.6) is 0 Å². The number of anilines is 1. The van der Waals surface area contributed by atoms with Gasteiger partial charge in [0, 0.05) is 31.8 Å². The summed E-state index contributed by atoms with van der Waals surface area (Å²) in [6.45, 7) is 3.80. The van der Waals surface area contributed by atoms with E-state index in [-0.39, 0.29) is 12.0 Å². The molecule has 0 aliphatic carbocycles. The quantitative estimate of drug-likeness (QED) is 0.849. The number of fused-ring (bicyclic) bond motifs is 1. The van der Waals surface area contributed by atoms with Gasteiger partial charge in [0.15, 0.2) is 0 Å². The molecule has 1 aliphatic heterocycles. The van der Waals surface area contributed by atoms with Crippen LogP contribution in [0.2, 0.25) is 0 Å². The lowest BCUT2D eigenvalue weighted by Crippen LogP contribution is -2.38. The Balaban J connectivity index is 2.05. The molecule has 1 aliphatic rings. The number of carbonyl (C=O) groups excluding carboxylic acids is 1. The monoisotopic (exact) mass is 262 g/mol. The largest absolute Gasteiger partial charge is 0.377 e. The van der Waals surface area contributed by atoms with Gasteiger partial charge in [0.05, 0.1) is 6.10 Å². The molecule has 1 amide bonds. The van der Waals surface area contributed by atoms with E-state index >= 15 is 0 Å². The highest BCUT2D eigenvalue weighted by atomic mass is 16.5. The molecule has 4 heteroatoms. The summed E-state index contributed by atoms with van der Waals surface area (Å²) in [5.74, 6) is 0.200. The van der Waals surface area contributed by atoms with Gasteiger partial charge in [-0.3, -0.25) is 4.79 Å². The molecular weight excluding hydrogens is 240 g/mol. The van der Waals surface area contributed by atoms with Crippen LogP contribution in [0.15, 0.2) is 24.3 Å². The number of hydrogen-bond acceptors (Lipinski definition) is 3. The molecule has 1 unspecified atom stereocenters. The zero-order valence-electron chi connectivity index (χ0n) is 11.5. The zero-order chi connectivity index (χ0) is 13.7. The van der Waals surface area contributed by atoms with Gasteiger partial charge in [-0.05, 0) is 31.4 Å². The average Bonchev–Trinajstić information content (AvgIpc) is 2.45. The molecule has 0 aromatic heterocycles. The zero-order valence-corrected chi connectivity index (χ0v) is 11.5. The van der Waals surface area contributed by atoms with Gasteiger partial charge in [0.25, 0.3) is 0 Å².